The minimum atomic E-state index is -1.02. The Kier molecular flexibility index (Phi) is 4.68. The Labute approximate surface area is 130 Å². The van der Waals surface area contributed by atoms with Crippen LogP contribution in [0.15, 0.2) is 18.2 Å². The number of anilines is 1. The molecular formula is C16H23N3O3. The summed E-state index contributed by atoms with van der Waals surface area (Å²) in [5.74, 6) is -0.270. The monoisotopic (exact) mass is 305 g/mol. The number of carboxylic acid groups (broad SMARTS) is 1. The first-order valence-corrected chi connectivity index (χ1v) is 7.55. The van der Waals surface area contributed by atoms with E-state index < -0.39 is 11.4 Å². The van der Waals surface area contributed by atoms with Crippen LogP contribution in [-0.2, 0) is 4.79 Å². The lowest BCUT2D eigenvalue weighted by molar-refractivity contribution is -0.126. The number of piperidine rings is 1. The number of aromatic nitrogens is 1. The van der Waals surface area contributed by atoms with Crippen molar-refractivity contribution in [1.29, 1.82) is 0 Å². The molecule has 0 bridgehead atoms. The fourth-order valence-corrected chi connectivity index (χ4v) is 2.98. The molecule has 120 valence electrons. The van der Waals surface area contributed by atoms with Gasteiger partial charge in [-0.3, -0.25) is 4.79 Å². The van der Waals surface area contributed by atoms with E-state index in [1.165, 1.54) is 6.07 Å². The molecule has 0 aromatic carbocycles. The number of carbonyl (C=O) groups is 2. The topological polar surface area (TPSA) is 96.5 Å². The SMILES string of the molecule is CC(C)(CC1CCCN(c2cccc(C(=O)O)n2)C1)C(N)=O. The lowest BCUT2D eigenvalue weighted by atomic mass is 9.79. The number of amides is 1. The molecule has 1 fully saturated rings. The number of nitrogens with two attached hydrogens (primary N) is 1. The van der Waals surface area contributed by atoms with Gasteiger partial charge in [-0.2, -0.15) is 0 Å². The van der Waals surface area contributed by atoms with E-state index >= 15 is 0 Å². The van der Waals surface area contributed by atoms with Crippen LogP contribution in [0.4, 0.5) is 5.82 Å². The highest BCUT2D eigenvalue weighted by molar-refractivity contribution is 5.85. The number of hydrogen-bond acceptors (Lipinski definition) is 4. The Bertz CT molecular complexity index is 572. The predicted octanol–water partition coefficient (Wildman–Crippen LogP) is 1.90. The van der Waals surface area contributed by atoms with E-state index in [2.05, 4.69) is 9.88 Å². The van der Waals surface area contributed by atoms with Crippen LogP contribution in [0.25, 0.3) is 0 Å². The number of rotatable bonds is 5. The molecule has 0 saturated carbocycles. The van der Waals surface area contributed by atoms with Crippen molar-refractivity contribution in [2.75, 3.05) is 18.0 Å². The fraction of sp³-hybridized carbons (Fsp3) is 0.562. The molecule has 0 aliphatic carbocycles. The average Bonchev–Trinajstić information content (AvgIpc) is 2.47. The van der Waals surface area contributed by atoms with Crippen LogP contribution in [0.2, 0.25) is 0 Å². The molecule has 3 N–H and O–H groups in total. The molecule has 1 saturated heterocycles. The fourth-order valence-electron chi connectivity index (χ4n) is 2.98. The summed E-state index contributed by atoms with van der Waals surface area (Å²) in [5.41, 5.74) is 4.99. The van der Waals surface area contributed by atoms with E-state index in [-0.39, 0.29) is 11.6 Å². The van der Waals surface area contributed by atoms with Crippen LogP contribution in [-0.4, -0.2) is 35.1 Å². The number of primary amides is 1. The summed E-state index contributed by atoms with van der Waals surface area (Å²) in [6.07, 6.45) is 2.78. The zero-order valence-electron chi connectivity index (χ0n) is 13.1. The molecule has 1 atom stereocenters. The Morgan fingerprint density at radius 3 is 2.82 bits per heavy atom. The number of carboxylic acids is 1. The van der Waals surface area contributed by atoms with Crippen LogP contribution in [0.3, 0.4) is 0 Å². The molecule has 1 aromatic heterocycles. The maximum absolute atomic E-state index is 11.5. The normalized spacial score (nSPS) is 19.0. The van der Waals surface area contributed by atoms with Crippen molar-refractivity contribution in [3.8, 4) is 0 Å². The van der Waals surface area contributed by atoms with Crippen molar-refractivity contribution in [1.82, 2.24) is 4.98 Å². The largest absolute Gasteiger partial charge is 0.477 e. The zero-order chi connectivity index (χ0) is 16.3. The molecule has 2 heterocycles. The van der Waals surface area contributed by atoms with Crippen LogP contribution in [0.1, 0.15) is 43.6 Å². The second-order valence-electron chi connectivity index (χ2n) is 6.59. The van der Waals surface area contributed by atoms with Gasteiger partial charge in [0.15, 0.2) is 5.69 Å². The predicted molar refractivity (Wildman–Crippen MR) is 83.7 cm³/mol. The van der Waals surface area contributed by atoms with Crippen molar-refractivity contribution in [2.24, 2.45) is 17.1 Å². The highest BCUT2D eigenvalue weighted by Gasteiger charge is 2.31. The van der Waals surface area contributed by atoms with E-state index in [9.17, 15) is 9.59 Å². The third-order valence-corrected chi connectivity index (χ3v) is 4.26. The first-order valence-electron chi connectivity index (χ1n) is 7.55. The van der Waals surface area contributed by atoms with Crippen LogP contribution in [0.5, 0.6) is 0 Å². The van der Waals surface area contributed by atoms with Gasteiger partial charge in [-0.15, -0.1) is 0 Å². The molecule has 6 heteroatoms. The second-order valence-corrected chi connectivity index (χ2v) is 6.59. The van der Waals surface area contributed by atoms with E-state index in [1.54, 1.807) is 6.07 Å². The van der Waals surface area contributed by atoms with Crippen LogP contribution < -0.4 is 10.6 Å². The van der Waals surface area contributed by atoms with Crippen molar-refractivity contribution < 1.29 is 14.7 Å². The Balaban J connectivity index is 2.09. The van der Waals surface area contributed by atoms with Gasteiger partial charge in [0.25, 0.3) is 0 Å². The third kappa shape index (κ3) is 3.75. The molecule has 0 spiro atoms. The molecule has 1 unspecified atom stereocenters. The first kappa shape index (κ1) is 16.3. The Morgan fingerprint density at radius 1 is 1.45 bits per heavy atom. The maximum Gasteiger partial charge on any atom is 0.354 e. The minimum Gasteiger partial charge on any atom is -0.477 e. The highest BCUT2D eigenvalue weighted by Crippen LogP contribution is 2.31. The van der Waals surface area contributed by atoms with Gasteiger partial charge in [0, 0.05) is 18.5 Å². The summed E-state index contributed by atoms with van der Waals surface area (Å²) in [5, 5.41) is 9.04. The summed E-state index contributed by atoms with van der Waals surface area (Å²) < 4.78 is 0. The lowest BCUT2D eigenvalue weighted by Gasteiger charge is -2.36. The van der Waals surface area contributed by atoms with E-state index in [0.29, 0.717) is 11.7 Å². The van der Waals surface area contributed by atoms with Gasteiger partial charge in [0.1, 0.15) is 5.82 Å². The first-order chi connectivity index (χ1) is 10.3. The Morgan fingerprint density at radius 2 is 2.18 bits per heavy atom. The average molecular weight is 305 g/mol. The number of aromatic carboxylic acids is 1. The summed E-state index contributed by atoms with van der Waals surface area (Å²) in [6, 6.07) is 5.03. The van der Waals surface area contributed by atoms with Crippen molar-refractivity contribution in [3.05, 3.63) is 23.9 Å². The minimum absolute atomic E-state index is 0.0529. The van der Waals surface area contributed by atoms with E-state index in [0.717, 1.165) is 32.4 Å². The third-order valence-electron chi connectivity index (χ3n) is 4.26. The summed E-state index contributed by atoms with van der Waals surface area (Å²) in [7, 11) is 0. The molecular weight excluding hydrogens is 282 g/mol. The van der Waals surface area contributed by atoms with Gasteiger partial charge < -0.3 is 15.7 Å². The van der Waals surface area contributed by atoms with E-state index in [1.807, 2.05) is 19.9 Å². The van der Waals surface area contributed by atoms with Gasteiger partial charge in [-0.05, 0) is 37.3 Å². The van der Waals surface area contributed by atoms with E-state index in [4.69, 9.17) is 10.8 Å². The molecule has 1 aliphatic heterocycles. The molecule has 2 rings (SSSR count). The highest BCUT2D eigenvalue weighted by atomic mass is 16.4. The number of carbonyl (C=O) groups excluding carboxylic acids is 1. The summed E-state index contributed by atoms with van der Waals surface area (Å²) >= 11 is 0. The molecule has 22 heavy (non-hydrogen) atoms. The number of nitrogens with zero attached hydrogens (tertiary/aromatic N) is 2. The smallest absolute Gasteiger partial charge is 0.354 e. The van der Waals surface area contributed by atoms with Gasteiger partial charge in [0.05, 0.1) is 0 Å². The lowest BCUT2D eigenvalue weighted by Crippen LogP contribution is -2.40. The Hall–Kier alpha value is -2.11. The standard InChI is InChI=1S/C16H23N3O3/c1-16(2,15(17)22)9-11-5-4-8-19(10-11)13-7-3-6-12(18-13)14(20)21/h3,6-7,11H,4-5,8-10H2,1-2H3,(H2,17,22)(H,20,21). The van der Waals surface area contributed by atoms with Gasteiger partial charge in [-0.1, -0.05) is 19.9 Å². The maximum atomic E-state index is 11.5. The summed E-state index contributed by atoms with van der Waals surface area (Å²) in [6.45, 7) is 5.37. The molecule has 6 nitrogen and oxygen atoms in total. The molecule has 1 aliphatic rings. The van der Waals surface area contributed by atoms with Crippen molar-refractivity contribution >= 4 is 17.7 Å². The van der Waals surface area contributed by atoms with Gasteiger partial charge in [-0.25, -0.2) is 9.78 Å². The van der Waals surface area contributed by atoms with Crippen molar-refractivity contribution in [2.45, 2.75) is 33.1 Å². The quantitative estimate of drug-likeness (QED) is 0.866. The summed E-state index contributed by atoms with van der Waals surface area (Å²) in [4.78, 5) is 28.8. The molecule has 1 aromatic rings. The number of hydrogen-bond donors (Lipinski definition) is 2. The van der Waals surface area contributed by atoms with Gasteiger partial charge in [0.2, 0.25) is 5.91 Å². The second kappa shape index (κ2) is 6.34. The molecule has 0 radical (unpaired) electrons. The van der Waals surface area contributed by atoms with Gasteiger partial charge >= 0.3 is 5.97 Å². The van der Waals surface area contributed by atoms with Crippen molar-refractivity contribution in [3.63, 3.8) is 0 Å². The van der Waals surface area contributed by atoms with Crippen LogP contribution >= 0.6 is 0 Å². The molecule has 1 amide bonds. The zero-order valence-corrected chi connectivity index (χ0v) is 13.1. The van der Waals surface area contributed by atoms with Crippen LogP contribution in [0, 0.1) is 11.3 Å². The number of pyridine rings is 1.